The molecular weight excluding hydrogens is 330 g/mol. The fourth-order valence-corrected chi connectivity index (χ4v) is 3.21. The maximum absolute atomic E-state index is 12.4. The predicted molar refractivity (Wildman–Crippen MR) is 96.3 cm³/mol. The van der Waals surface area contributed by atoms with Crippen LogP contribution in [0.15, 0.2) is 53.3 Å². The molecule has 1 aliphatic heterocycles. The molecule has 3 aromatic heterocycles. The molecule has 0 aromatic carbocycles. The lowest BCUT2D eigenvalue weighted by Gasteiger charge is -2.31. The van der Waals surface area contributed by atoms with E-state index in [2.05, 4.69) is 25.4 Å². The van der Waals surface area contributed by atoms with E-state index in [1.807, 2.05) is 30.5 Å². The molecule has 1 fully saturated rings. The summed E-state index contributed by atoms with van der Waals surface area (Å²) in [5, 5.41) is 10.0. The Morgan fingerprint density at radius 2 is 2.15 bits per heavy atom. The van der Waals surface area contributed by atoms with Crippen LogP contribution in [0.1, 0.15) is 29.0 Å². The minimum Gasteiger partial charge on any atom is -0.463 e. The number of nitrogens with zero attached hydrogens (tertiary/aromatic N) is 3. The van der Waals surface area contributed by atoms with Crippen LogP contribution in [0.2, 0.25) is 0 Å². The number of carbonyl (C=O) groups excluding carboxylic acids is 1. The first-order valence-electron chi connectivity index (χ1n) is 8.80. The SMILES string of the molecule is O=C(NC1CCN(Cc2ccccn2)CC1)c1cc(-c2ccco2)[nH]n1. The van der Waals surface area contributed by atoms with Crippen molar-refractivity contribution in [3.8, 4) is 11.5 Å². The van der Waals surface area contributed by atoms with Gasteiger partial charge in [0.05, 0.1) is 12.0 Å². The number of aromatic amines is 1. The first-order chi connectivity index (χ1) is 12.8. The van der Waals surface area contributed by atoms with Gasteiger partial charge in [-0.2, -0.15) is 5.10 Å². The third-order valence-corrected chi connectivity index (χ3v) is 4.63. The standard InChI is InChI=1S/C19H21N5O2/c25-19(17-12-16(22-23-17)18-5-3-11-26-18)21-14-6-9-24(10-7-14)13-15-4-1-2-8-20-15/h1-5,8,11-12,14H,6-7,9-10,13H2,(H,21,25)(H,22,23). The van der Waals surface area contributed by atoms with Crippen LogP contribution < -0.4 is 5.32 Å². The van der Waals surface area contributed by atoms with Crippen molar-refractivity contribution < 1.29 is 9.21 Å². The van der Waals surface area contributed by atoms with Crippen molar-refractivity contribution in [2.45, 2.75) is 25.4 Å². The van der Waals surface area contributed by atoms with Gasteiger partial charge in [0.1, 0.15) is 5.69 Å². The zero-order chi connectivity index (χ0) is 17.8. The second kappa shape index (κ2) is 7.53. The van der Waals surface area contributed by atoms with E-state index in [9.17, 15) is 4.79 Å². The topological polar surface area (TPSA) is 87.0 Å². The summed E-state index contributed by atoms with van der Waals surface area (Å²) in [6.45, 7) is 2.74. The number of hydrogen-bond acceptors (Lipinski definition) is 5. The molecule has 0 saturated carbocycles. The average molecular weight is 351 g/mol. The Hall–Kier alpha value is -2.93. The summed E-state index contributed by atoms with van der Waals surface area (Å²) in [7, 11) is 0. The smallest absolute Gasteiger partial charge is 0.272 e. The third-order valence-electron chi connectivity index (χ3n) is 4.63. The van der Waals surface area contributed by atoms with Gasteiger partial charge in [-0.25, -0.2) is 0 Å². The van der Waals surface area contributed by atoms with Crippen molar-refractivity contribution in [3.05, 3.63) is 60.2 Å². The zero-order valence-corrected chi connectivity index (χ0v) is 14.4. The molecule has 134 valence electrons. The van der Waals surface area contributed by atoms with Crippen LogP contribution in [-0.2, 0) is 6.54 Å². The van der Waals surface area contributed by atoms with E-state index in [1.165, 1.54) is 0 Å². The van der Waals surface area contributed by atoms with E-state index >= 15 is 0 Å². The van der Waals surface area contributed by atoms with Crippen molar-refractivity contribution >= 4 is 5.91 Å². The van der Waals surface area contributed by atoms with Crippen LogP contribution in [0.4, 0.5) is 0 Å². The molecule has 0 spiro atoms. The first kappa shape index (κ1) is 16.5. The molecule has 4 heterocycles. The molecule has 26 heavy (non-hydrogen) atoms. The maximum Gasteiger partial charge on any atom is 0.272 e. The fourth-order valence-electron chi connectivity index (χ4n) is 3.21. The lowest BCUT2D eigenvalue weighted by molar-refractivity contribution is 0.0903. The highest BCUT2D eigenvalue weighted by Crippen LogP contribution is 2.18. The van der Waals surface area contributed by atoms with Gasteiger partial charge >= 0.3 is 0 Å². The third kappa shape index (κ3) is 3.83. The molecule has 0 bridgehead atoms. The maximum atomic E-state index is 12.4. The summed E-state index contributed by atoms with van der Waals surface area (Å²) in [5.41, 5.74) is 2.16. The monoisotopic (exact) mass is 351 g/mol. The number of furan rings is 1. The quantitative estimate of drug-likeness (QED) is 0.737. The summed E-state index contributed by atoms with van der Waals surface area (Å²) < 4.78 is 5.31. The Morgan fingerprint density at radius 3 is 2.88 bits per heavy atom. The highest BCUT2D eigenvalue weighted by molar-refractivity contribution is 5.93. The number of likely N-dealkylation sites (tertiary alicyclic amines) is 1. The summed E-state index contributed by atoms with van der Waals surface area (Å²) in [4.78, 5) is 19.2. The molecule has 0 atom stereocenters. The summed E-state index contributed by atoms with van der Waals surface area (Å²) in [6, 6.07) is 11.5. The minimum atomic E-state index is -0.151. The van der Waals surface area contributed by atoms with Gasteiger partial charge in [0.2, 0.25) is 0 Å². The number of aromatic nitrogens is 3. The predicted octanol–water partition coefficient (Wildman–Crippen LogP) is 2.46. The second-order valence-electron chi connectivity index (χ2n) is 6.49. The van der Waals surface area contributed by atoms with Crippen LogP contribution in [0.3, 0.4) is 0 Å². The number of rotatable bonds is 5. The van der Waals surface area contributed by atoms with Crippen molar-refractivity contribution in [2.75, 3.05) is 13.1 Å². The average Bonchev–Trinajstić information content (AvgIpc) is 3.36. The van der Waals surface area contributed by atoms with Gasteiger partial charge in [0.15, 0.2) is 11.5 Å². The number of carbonyl (C=O) groups is 1. The minimum absolute atomic E-state index is 0.151. The molecular formula is C19H21N5O2. The lowest BCUT2D eigenvalue weighted by atomic mass is 10.0. The Labute approximate surface area is 151 Å². The van der Waals surface area contributed by atoms with Gasteiger partial charge in [0, 0.05) is 37.9 Å². The van der Waals surface area contributed by atoms with Gasteiger partial charge in [0.25, 0.3) is 5.91 Å². The van der Waals surface area contributed by atoms with Gasteiger partial charge in [-0.15, -0.1) is 0 Å². The molecule has 7 nitrogen and oxygen atoms in total. The van der Waals surface area contributed by atoms with Gasteiger partial charge < -0.3 is 9.73 Å². The second-order valence-corrected chi connectivity index (χ2v) is 6.49. The van der Waals surface area contributed by atoms with Crippen molar-refractivity contribution in [3.63, 3.8) is 0 Å². The Balaban J connectivity index is 1.28. The van der Waals surface area contributed by atoms with Crippen LogP contribution in [0.25, 0.3) is 11.5 Å². The van der Waals surface area contributed by atoms with Gasteiger partial charge in [-0.05, 0) is 37.1 Å². The molecule has 0 radical (unpaired) electrons. The number of piperidine rings is 1. The molecule has 2 N–H and O–H groups in total. The van der Waals surface area contributed by atoms with E-state index in [1.54, 1.807) is 18.4 Å². The van der Waals surface area contributed by atoms with E-state index in [0.717, 1.165) is 38.2 Å². The first-order valence-corrected chi connectivity index (χ1v) is 8.80. The Kier molecular flexibility index (Phi) is 4.79. The van der Waals surface area contributed by atoms with E-state index in [-0.39, 0.29) is 11.9 Å². The Morgan fingerprint density at radius 1 is 1.27 bits per heavy atom. The zero-order valence-electron chi connectivity index (χ0n) is 14.4. The number of H-pyrrole nitrogens is 1. The summed E-state index contributed by atoms with van der Waals surface area (Å²) in [6.07, 6.45) is 5.26. The van der Waals surface area contributed by atoms with Crippen molar-refractivity contribution in [1.82, 2.24) is 25.4 Å². The van der Waals surface area contributed by atoms with Gasteiger partial charge in [-0.1, -0.05) is 6.07 Å². The van der Waals surface area contributed by atoms with Crippen molar-refractivity contribution in [1.29, 1.82) is 0 Å². The van der Waals surface area contributed by atoms with E-state index < -0.39 is 0 Å². The van der Waals surface area contributed by atoms with Crippen LogP contribution in [-0.4, -0.2) is 45.1 Å². The van der Waals surface area contributed by atoms with Crippen molar-refractivity contribution in [2.24, 2.45) is 0 Å². The molecule has 0 aliphatic carbocycles. The van der Waals surface area contributed by atoms with Crippen LogP contribution >= 0.6 is 0 Å². The van der Waals surface area contributed by atoms with E-state index in [4.69, 9.17) is 4.42 Å². The number of nitrogens with one attached hydrogen (secondary N) is 2. The molecule has 7 heteroatoms. The highest BCUT2D eigenvalue weighted by Gasteiger charge is 2.22. The molecule has 1 saturated heterocycles. The van der Waals surface area contributed by atoms with E-state index in [0.29, 0.717) is 17.1 Å². The molecule has 1 amide bonds. The lowest BCUT2D eigenvalue weighted by Crippen LogP contribution is -2.44. The molecule has 4 rings (SSSR count). The summed E-state index contributed by atoms with van der Waals surface area (Å²) >= 11 is 0. The number of pyridine rings is 1. The molecule has 1 aliphatic rings. The highest BCUT2D eigenvalue weighted by atomic mass is 16.3. The Bertz CT molecular complexity index is 836. The largest absolute Gasteiger partial charge is 0.463 e. The molecule has 0 unspecified atom stereocenters. The van der Waals surface area contributed by atoms with Gasteiger partial charge in [-0.3, -0.25) is 19.8 Å². The van der Waals surface area contributed by atoms with Crippen LogP contribution in [0.5, 0.6) is 0 Å². The summed E-state index contributed by atoms with van der Waals surface area (Å²) in [5.74, 6) is 0.515. The van der Waals surface area contributed by atoms with Crippen LogP contribution in [0, 0.1) is 0 Å². The normalized spacial score (nSPS) is 15.8. The number of amides is 1. The number of hydrogen-bond donors (Lipinski definition) is 2. The molecule has 3 aromatic rings. The fraction of sp³-hybridized carbons (Fsp3) is 0.316.